The lowest BCUT2D eigenvalue weighted by Crippen LogP contribution is -2.32. The zero-order valence-corrected chi connectivity index (χ0v) is 21.1. The Bertz CT molecular complexity index is 1090. The molecule has 0 bridgehead atoms. The number of rotatable bonds is 11. The van der Waals surface area contributed by atoms with Gasteiger partial charge in [0.15, 0.2) is 0 Å². The highest BCUT2D eigenvalue weighted by Gasteiger charge is 2.30. The molecule has 3 rings (SSSR count). The standard InChI is InChI=1S/C28H32F3NO2S/c1-4-9-24(33)19-32(18-22-10-5-6-15-27(22)35-28(29,30)31)23-12-8-14-26(17-23)34-25-13-7-11-21(16-25)20(2)3/h5-8,10-17,20,24,33H,4,9,18-19H2,1-3H3. The summed E-state index contributed by atoms with van der Waals surface area (Å²) in [7, 11) is 0. The van der Waals surface area contributed by atoms with Gasteiger partial charge < -0.3 is 14.7 Å². The lowest BCUT2D eigenvalue weighted by molar-refractivity contribution is -0.0328. The van der Waals surface area contributed by atoms with Crippen LogP contribution >= 0.6 is 11.8 Å². The summed E-state index contributed by atoms with van der Waals surface area (Å²) in [6.45, 7) is 6.75. The number of hydrogen-bond acceptors (Lipinski definition) is 4. The van der Waals surface area contributed by atoms with Crippen LogP contribution in [0.2, 0.25) is 0 Å². The zero-order chi connectivity index (χ0) is 25.4. The molecule has 1 atom stereocenters. The van der Waals surface area contributed by atoms with E-state index in [0.29, 0.717) is 30.2 Å². The molecule has 0 saturated carbocycles. The Morgan fingerprint density at radius 3 is 2.31 bits per heavy atom. The number of nitrogens with zero attached hydrogens (tertiary/aromatic N) is 1. The van der Waals surface area contributed by atoms with Gasteiger partial charge in [-0.3, -0.25) is 0 Å². The lowest BCUT2D eigenvalue weighted by atomic mass is 10.0. The van der Waals surface area contributed by atoms with Crippen molar-refractivity contribution in [2.45, 2.75) is 62.6 Å². The smallest absolute Gasteiger partial charge is 0.446 e. The molecule has 188 valence electrons. The number of aliphatic hydroxyl groups is 1. The first-order valence-corrected chi connectivity index (χ1v) is 12.6. The maximum absolute atomic E-state index is 13.1. The molecule has 0 aromatic heterocycles. The molecule has 3 aromatic rings. The van der Waals surface area contributed by atoms with Crippen molar-refractivity contribution in [2.75, 3.05) is 11.4 Å². The van der Waals surface area contributed by atoms with E-state index in [4.69, 9.17) is 4.74 Å². The minimum Gasteiger partial charge on any atom is -0.457 e. The van der Waals surface area contributed by atoms with E-state index in [0.717, 1.165) is 17.9 Å². The van der Waals surface area contributed by atoms with Crippen LogP contribution in [-0.2, 0) is 6.54 Å². The summed E-state index contributed by atoms with van der Waals surface area (Å²) in [4.78, 5) is 2.07. The number of anilines is 1. The molecule has 3 aromatic carbocycles. The molecule has 0 saturated heterocycles. The summed E-state index contributed by atoms with van der Waals surface area (Å²) in [6.07, 6.45) is 0.813. The highest BCUT2D eigenvalue weighted by atomic mass is 32.2. The SMILES string of the molecule is CCCC(O)CN(Cc1ccccc1SC(F)(F)F)c1cccc(Oc2cccc(C(C)C)c2)c1. The van der Waals surface area contributed by atoms with E-state index in [2.05, 4.69) is 19.9 Å². The van der Waals surface area contributed by atoms with Crippen molar-refractivity contribution in [3.63, 3.8) is 0 Å². The molecule has 0 aliphatic heterocycles. The van der Waals surface area contributed by atoms with Crippen molar-refractivity contribution < 1.29 is 23.0 Å². The number of hydrogen-bond donors (Lipinski definition) is 1. The fourth-order valence-corrected chi connectivity index (χ4v) is 4.48. The largest absolute Gasteiger partial charge is 0.457 e. The van der Waals surface area contributed by atoms with E-state index in [1.54, 1.807) is 18.2 Å². The molecule has 1 unspecified atom stereocenters. The van der Waals surface area contributed by atoms with Crippen LogP contribution in [0.4, 0.5) is 18.9 Å². The van der Waals surface area contributed by atoms with Crippen LogP contribution in [0.3, 0.4) is 0 Å². The van der Waals surface area contributed by atoms with Crippen LogP contribution in [0.25, 0.3) is 0 Å². The molecule has 0 amide bonds. The van der Waals surface area contributed by atoms with Gasteiger partial charge in [-0.15, -0.1) is 0 Å². The third-order valence-corrected chi connectivity index (χ3v) is 6.41. The van der Waals surface area contributed by atoms with Crippen LogP contribution in [0.5, 0.6) is 11.5 Å². The molecular formula is C28H32F3NO2S. The summed E-state index contributed by atoms with van der Waals surface area (Å²) in [5, 5.41) is 10.5. The topological polar surface area (TPSA) is 32.7 Å². The average Bonchev–Trinajstić information content (AvgIpc) is 2.79. The summed E-state index contributed by atoms with van der Waals surface area (Å²) in [5.74, 6) is 1.71. The van der Waals surface area contributed by atoms with Crippen molar-refractivity contribution in [2.24, 2.45) is 0 Å². The number of ether oxygens (including phenoxy) is 1. The van der Waals surface area contributed by atoms with Gasteiger partial charge in [-0.25, -0.2) is 0 Å². The van der Waals surface area contributed by atoms with Gasteiger partial charge in [0.2, 0.25) is 0 Å². The van der Waals surface area contributed by atoms with Gasteiger partial charge >= 0.3 is 5.51 Å². The summed E-state index contributed by atoms with van der Waals surface area (Å²) in [6, 6.07) is 21.9. The Kier molecular flexibility index (Phi) is 9.52. The molecule has 1 N–H and O–H groups in total. The second kappa shape index (κ2) is 12.4. The van der Waals surface area contributed by atoms with Gasteiger partial charge in [0.25, 0.3) is 0 Å². The van der Waals surface area contributed by atoms with E-state index in [1.165, 1.54) is 11.6 Å². The third-order valence-electron chi connectivity index (χ3n) is 5.56. The Morgan fingerprint density at radius 2 is 1.63 bits per heavy atom. The highest BCUT2D eigenvalue weighted by molar-refractivity contribution is 8.00. The first-order valence-electron chi connectivity index (χ1n) is 11.8. The fraction of sp³-hybridized carbons (Fsp3) is 0.357. The number of alkyl halides is 3. The van der Waals surface area contributed by atoms with Crippen LogP contribution < -0.4 is 9.64 Å². The van der Waals surface area contributed by atoms with Crippen molar-refractivity contribution in [3.8, 4) is 11.5 Å². The summed E-state index contributed by atoms with van der Waals surface area (Å²) < 4.78 is 45.5. The Labute approximate surface area is 209 Å². The van der Waals surface area contributed by atoms with E-state index >= 15 is 0 Å². The van der Waals surface area contributed by atoms with Crippen molar-refractivity contribution in [1.29, 1.82) is 0 Å². The molecule has 7 heteroatoms. The number of halogens is 3. The third kappa shape index (κ3) is 8.51. The maximum Gasteiger partial charge on any atom is 0.446 e. The molecule has 0 aliphatic rings. The first kappa shape index (κ1) is 27.0. The fourth-order valence-electron chi connectivity index (χ4n) is 3.82. The maximum atomic E-state index is 13.1. The number of benzene rings is 3. The van der Waals surface area contributed by atoms with E-state index in [9.17, 15) is 18.3 Å². The van der Waals surface area contributed by atoms with Gasteiger partial charge in [-0.1, -0.05) is 63.6 Å². The number of aliphatic hydroxyl groups excluding tert-OH is 1. The Hall–Kier alpha value is -2.64. The van der Waals surface area contributed by atoms with Crippen molar-refractivity contribution in [1.82, 2.24) is 0 Å². The monoisotopic (exact) mass is 503 g/mol. The molecule has 3 nitrogen and oxygen atoms in total. The molecule has 0 radical (unpaired) electrons. The molecule has 0 fully saturated rings. The second-order valence-corrected chi connectivity index (χ2v) is 9.91. The second-order valence-electron chi connectivity index (χ2n) is 8.81. The van der Waals surface area contributed by atoms with E-state index in [1.807, 2.05) is 54.3 Å². The molecule has 0 heterocycles. The van der Waals surface area contributed by atoms with Gasteiger partial charge in [-0.2, -0.15) is 13.2 Å². The van der Waals surface area contributed by atoms with Crippen LogP contribution in [0.15, 0.2) is 77.7 Å². The van der Waals surface area contributed by atoms with E-state index in [-0.39, 0.29) is 23.2 Å². The van der Waals surface area contributed by atoms with Gasteiger partial charge in [0, 0.05) is 29.7 Å². The summed E-state index contributed by atoms with van der Waals surface area (Å²) >= 11 is -0.112. The minimum absolute atomic E-state index is 0.112. The predicted octanol–water partition coefficient (Wildman–Crippen LogP) is 8.38. The molecular weight excluding hydrogens is 471 g/mol. The quantitative estimate of drug-likeness (QED) is 0.266. The lowest BCUT2D eigenvalue weighted by Gasteiger charge is -2.28. The molecule has 0 spiro atoms. The van der Waals surface area contributed by atoms with E-state index < -0.39 is 11.6 Å². The van der Waals surface area contributed by atoms with Crippen LogP contribution in [0.1, 0.15) is 50.7 Å². The highest BCUT2D eigenvalue weighted by Crippen LogP contribution is 2.39. The normalized spacial score (nSPS) is 12.6. The predicted molar refractivity (Wildman–Crippen MR) is 137 cm³/mol. The average molecular weight is 504 g/mol. The van der Waals surface area contributed by atoms with Crippen LogP contribution in [0, 0.1) is 0 Å². The Morgan fingerprint density at radius 1 is 0.943 bits per heavy atom. The zero-order valence-electron chi connectivity index (χ0n) is 20.3. The summed E-state index contributed by atoms with van der Waals surface area (Å²) in [5.41, 5.74) is -1.89. The van der Waals surface area contributed by atoms with Gasteiger partial charge in [-0.05, 0) is 65.6 Å². The first-order chi connectivity index (χ1) is 16.6. The van der Waals surface area contributed by atoms with Crippen LogP contribution in [-0.4, -0.2) is 23.3 Å². The van der Waals surface area contributed by atoms with Gasteiger partial charge in [0.05, 0.1) is 6.10 Å². The molecule has 35 heavy (non-hydrogen) atoms. The Balaban J connectivity index is 1.89. The number of thioether (sulfide) groups is 1. The minimum atomic E-state index is -4.37. The van der Waals surface area contributed by atoms with Crippen molar-refractivity contribution >= 4 is 17.4 Å². The van der Waals surface area contributed by atoms with Gasteiger partial charge in [0.1, 0.15) is 11.5 Å². The molecule has 0 aliphatic carbocycles. The van der Waals surface area contributed by atoms with Crippen molar-refractivity contribution in [3.05, 3.63) is 83.9 Å².